The SMILES string of the molecule is CC1(C)c2ccccc2-c2cc3c(cc21)Oc1ccc(-c2cccc(-c4nc(-c5ccccc5)cc(-c5ccc6ccccc6c5)n4)c2)cc1O3. The zero-order chi connectivity index (χ0) is 34.1. The van der Waals surface area contributed by atoms with Crippen molar-refractivity contribution in [3.05, 3.63) is 169 Å². The van der Waals surface area contributed by atoms with Crippen LogP contribution < -0.4 is 9.47 Å². The maximum absolute atomic E-state index is 6.57. The van der Waals surface area contributed by atoms with Gasteiger partial charge in [0.1, 0.15) is 0 Å². The van der Waals surface area contributed by atoms with Crippen molar-refractivity contribution in [1.82, 2.24) is 9.97 Å². The molecule has 2 aliphatic rings. The maximum atomic E-state index is 6.57. The highest BCUT2D eigenvalue weighted by molar-refractivity contribution is 5.88. The van der Waals surface area contributed by atoms with Gasteiger partial charge in [0.05, 0.1) is 11.4 Å². The van der Waals surface area contributed by atoms with E-state index >= 15 is 0 Å². The van der Waals surface area contributed by atoms with Crippen molar-refractivity contribution in [2.24, 2.45) is 0 Å². The highest BCUT2D eigenvalue weighted by atomic mass is 16.6. The lowest BCUT2D eigenvalue weighted by molar-refractivity contribution is 0.359. The second kappa shape index (κ2) is 11.3. The van der Waals surface area contributed by atoms with Crippen LogP contribution in [0.2, 0.25) is 0 Å². The fraction of sp³-hybridized carbons (Fsp3) is 0.0638. The number of benzene rings is 7. The molecule has 0 bridgehead atoms. The zero-order valence-corrected chi connectivity index (χ0v) is 28.2. The third-order valence-corrected chi connectivity index (χ3v) is 10.3. The monoisotopic (exact) mass is 656 g/mol. The van der Waals surface area contributed by atoms with Gasteiger partial charge in [-0.3, -0.25) is 0 Å². The summed E-state index contributed by atoms with van der Waals surface area (Å²) < 4.78 is 13.0. The van der Waals surface area contributed by atoms with Gasteiger partial charge in [-0.15, -0.1) is 0 Å². The minimum absolute atomic E-state index is 0.111. The number of aromatic nitrogens is 2. The summed E-state index contributed by atoms with van der Waals surface area (Å²) in [4.78, 5) is 10.2. The molecular weight excluding hydrogens is 625 g/mol. The Balaban J connectivity index is 1.02. The molecule has 0 spiro atoms. The molecule has 0 fully saturated rings. The molecule has 1 aliphatic heterocycles. The van der Waals surface area contributed by atoms with Crippen LogP contribution in [0.25, 0.3) is 66.9 Å². The van der Waals surface area contributed by atoms with Gasteiger partial charge < -0.3 is 9.47 Å². The van der Waals surface area contributed by atoms with Crippen LogP contribution in [-0.4, -0.2) is 9.97 Å². The van der Waals surface area contributed by atoms with Crippen LogP contribution in [0, 0.1) is 0 Å². The summed E-state index contributed by atoms with van der Waals surface area (Å²) in [5.41, 5.74) is 11.8. The summed E-state index contributed by atoms with van der Waals surface area (Å²) in [5.74, 6) is 3.54. The van der Waals surface area contributed by atoms with E-state index in [4.69, 9.17) is 19.4 Å². The molecule has 0 saturated carbocycles. The highest BCUT2D eigenvalue weighted by Crippen LogP contribution is 2.55. The molecule has 0 saturated heterocycles. The summed E-state index contributed by atoms with van der Waals surface area (Å²) in [6, 6.07) is 54.7. The minimum Gasteiger partial charge on any atom is -0.450 e. The third-order valence-electron chi connectivity index (χ3n) is 10.3. The number of ether oxygens (including phenoxy) is 2. The van der Waals surface area contributed by atoms with Crippen molar-refractivity contribution in [2.75, 3.05) is 0 Å². The van der Waals surface area contributed by atoms with E-state index in [2.05, 4.69) is 147 Å². The number of hydrogen-bond acceptors (Lipinski definition) is 4. The minimum atomic E-state index is -0.111. The Morgan fingerprint density at radius 2 is 1.04 bits per heavy atom. The van der Waals surface area contributed by atoms with Crippen LogP contribution in [-0.2, 0) is 5.41 Å². The van der Waals surface area contributed by atoms with E-state index in [1.54, 1.807) is 0 Å². The zero-order valence-electron chi connectivity index (χ0n) is 28.2. The Morgan fingerprint density at radius 3 is 1.92 bits per heavy atom. The Morgan fingerprint density at radius 1 is 0.392 bits per heavy atom. The van der Waals surface area contributed by atoms with E-state index in [-0.39, 0.29) is 5.41 Å². The Labute approximate surface area is 296 Å². The molecule has 0 radical (unpaired) electrons. The quantitative estimate of drug-likeness (QED) is 0.189. The van der Waals surface area contributed by atoms with Gasteiger partial charge in [-0.1, -0.05) is 129 Å². The van der Waals surface area contributed by atoms with Gasteiger partial charge in [-0.25, -0.2) is 9.97 Å². The van der Waals surface area contributed by atoms with E-state index in [0.29, 0.717) is 17.3 Å². The molecule has 0 atom stereocenters. The largest absolute Gasteiger partial charge is 0.450 e. The van der Waals surface area contributed by atoms with Gasteiger partial charge in [0, 0.05) is 22.1 Å². The predicted octanol–water partition coefficient (Wildman–Crippen LogP) is 12.5. The molecule has 51 heavy (non-hydrogen) atoms. The van der Waals surface area contributed by atoms with E-state index in [0.717, 1.165) is 50.7 Å². The summed E-state index contributed by atoms with van der Waals surface area (Å²) >= 11 is 0. The van der Waals surface area contributed by atoms with Crippen molar-refractivity contribution in [3.63, 3.8) is 0 Å². The number of rotatable bonds is 4. The van der Waals surface area contributed by atoms with E-state index in [1.165, 1.54) is 33.0 Å². The van der Waals surface area contributed by atoms with Gasteiger partial charge >= 0.3 is 0 Å². The van der Waals surface area contributed by atoms with Crippen LogP contribution in [0.5, 0.6) is 23.0 Å². The third kappa shape index (κ3) is 4.91. The molecule has 1 aliphatic carbocycles. The molecule has 10 rings (SSSR count). The average Bonchev–Trinajstić information content (AvgIpc) is 3.41. The van der Waals surface area contributed by atoms with Crippen molar-refractivity contribution in [2.45, 2.75) is 19.3 Å². The standard InChI is InChI=1S/C47H32N2O2/c1-47(2)38-18-9-8-17-36(38)37-26-44-45(27-39(37)47)50-42-22-21-33(25-43(42)51-44)32-15-10-16-35(24-32)46-48-40(30-12-4-3-5-13-30)28-41(49-46)34-20-19-29-11-6-7-14-31(29)23-34/h3-28H,1-2H3. The van der Waals surface area contributed by atoms with Crippen molar-refractivity contribution >= 4 is 10.8 Å². The summed E-state index contributed by atoms with van der Waals surface area (Å²) in [6.45, 7) is 4.55. The summed E-state index contributed by atoms with van der Waals surface area (Å²) in [7, 11) is 0. The molecule has 0 N–H and O–H groups in total. The number of fused-ring (bicyclic) bond motifs is 6. The van der Waals surface area contributed by atoms with Gasteiger partial charge in [-0.2, -0.15) is 0 Å². The Kier molecular flexibility index (Phi) is 6.49. The average molecular weight is 657 g/mol. The maximum Gasteiger partial charge on any atom is 0.170 e. The second-order valence-electron chi connectivity index (χ2n) is 13.9. The van der Waals surface area contributed by atoms with Gasteiger partial charge in [0.2, 0.25) is 0 Å². The topological polar surface area (TPSA) is 44.2 Å². The Bertz CT molecular complexity index is 2680. The molecule has 242 valence electrons. The number of nitrogens with zero attached hydrogens (tertiary/aromatic N) is 2. The van der Waals surface area contributed by atoms with Gasteiger partial charge in [0.25, 0.3) is 0 Å². The van der Waals surface area contributed by atoms with E-state index in [1.807, 2.05) is 24.3 Å². The molecule has 4 nitrogen and oxygen atoms in total. The molecule has 2 heterocycles. The lowest BCUT2D eigenvalue weighted by Gasteiger charge is -2.25. The Hall–Kier alpha value is -6.52. The fourth-order valence-corrected chi connectivity index (χ4v) is 7.62. The first kappa shape index (κ1) is 29.4. The first-order valence-electron chi connectivity index (χ1n) is 17.3. The second-order valence-corrected chi connectivity index (χ2v) is 13.9. The summed E-state index contributed by atoms with van der Waals surface area (Å²) in [5, 5.41) is 2.38. The highest BCUT2D eigenvalue weighted by Gasteiger charge is 2.37. The lowest BCUT2D eigenvalue weighted by Crippen LogP contribution is -2.15. The van der Waals surface area contributed by atoms with Gasteiger partial charge in [0.15, 0.2) is 28.8 Å². The van der Waals surface area contributed by atoms with Crippen LogP contribution in [0.4, 0.5) is 0 Å². The molecule has 8 aromatic rings. The molecular formula is C47H32N2O2. The molecule has 4 heteroatoms. The van der Waals surface area contributed by atoms with Crippen LogP contribution in [0.15, 0.2) is 158 Å². The first-order chi connectivity index (χ1) is 25.0. The first-order valence-corrected chi connectivity index (χ1v) is 17.3. The predicted molar refractivity (Wildman–Crippen MR) is 205 cm³/mol. The molecule has 7 aromatic carbocycles. The van der Waals surface area contributed by atoms with E-state index < -0.39 is 0 Å². The van der Waals surface area contributed by atoms with Crippen molar-refractivity contribution in [3.8, 4) is 79.2 Å². The van der Waals surface area contributed by atoms with Crippen LogP contribution in [0.1, 0.15) is 25.0 Å². The van der Waals surface area contributed by atoms with Crippen molar-refractivity contribution < 1.29 is 9.47 Å². The van der Waals surface area contributed by atoms with Crippen LogP contribution in [0.3, 0.4) is 0 Å². The van der Waals surface area contributed by atoms with E-state index in [9.17, 15) is 0 Å². The fourth-order valence-electron chi connectivity index (χ4n) is 7.62. The van der Waals surface area contributed by atoms with Gasteiger partial charge in [-0.05, 0) is 86.6 Å². The smallest absolute Gasteiger partial charge is 0.170 e. The molecule has 0 unspecified atom stereocenters. The summed E-state index contributed by atoms with van der Waals surface area (Å²) in [6.07, 6.45) is 0. The normalized spacial score (nSPS) is 13.4. The molecule has 0 amide bonds. The molecule has 1 aromatic heterocycles. The lowest BCUT2D eigenvalue weighted by atomic mass is 9.82. The van der Waals surface area contributed by atoms with Crippen LogP contribution >= 0.6 is 0 Å². The number of hydrogen-bond donors (Lipinski definition) is 0. The van der Waals surface area contributed by atoms with Crippen molar-refractivity contribution in [1.29, 1.82) is 0 Å².